The normalized spacial score (nSPS) is 27.2. The van der Waals surface area contributed by atoms with Gasteiger partial charge in [0.2, 0.25) is 0 Å². The minimum Gasteiger partial charge on any atom is -0.329 e. The van der Waals surface area contributed by atoms with Gasteiger partial charge in [-0.3, -0.25) is 0 Å². The molecule has 0 bridgehead atoms. The predicted molar refractivity (Wildman–Crippen MR) is 87.2 cm³/mol. The molecule has 112 valence electrons. The van der Waals surface area contributed by atoms with Crippen LogP contribution in [0.4, 0.5) is 0 Å². The van der Waals surface area contributed by atoms with Gasteiger partial charge in [0.25, 0.3) is 0 Å². The van der Waals surface area contributed by atoms with E-state index >= 15 is 0 Å². The predicted octanol–water partition coefficient (Wildman–Crippen LogP) is 3.51. The Hall–Kier alpha value is -0.860. The van der Waals surface area contributed by atoms with Gasteiger partial charge in [-0.2, -0.15) is 0 Å². The van der Waals surface area contributed by atoms with Crippen molar-refractivity contribution in [2.75, 3.05) is 20.6 Å². The van der Waals surface area contributed by atoms with Crippen molar-refractivity contribution in [3.05, 3.63) is 35.4 Å². The van der Waals surface area contributed by atoms with E-state index in [9.17, 15) is 0 Å². The maximum Gasteiger partial charge on any atom is 0.0331 e. The summed E-state index contributed by atoms with van der Waals surface area (Å²) in [5.74, 6) is 0.662. The smallest absolute Gasteiger partial charge is 0.0331 e. The van der Waals surface area contributed by atoms with Crippen LogP contribution < -0.4 is 5.73 Å². The van der Waals surface area contributed by atoms with Crippen molar-refractivity contribution in [1.82, 2.24) is 4.90 Å². The summed E-state index contributed by atoms with van der Waals surface area (Å²) in [6.45, 7) is 7.56. The van der Waals surface area contributed by atoms with Gasteiger partial charge in [-0.25, -0.2) is 0 Å². The molecule has 1 aromatic carbocycles. The van der Waals surface area contributed by atoms with Crippen LogP contribution in [0.5, 0.6) is 0 Å². The summed E-state index contributed by atoms with van der Waals surface area (Å²) >= 11 is 0. The summed E-state index contributed by atoms with van der Waals surface area (Å²) in [5.41, 5.74) is 9.38. The van der Waals surface area contributed by atoms with Crippen LogP contribution in [-0.2, 0) is 5.41 Å². The van der Waals surface area contributed by atoms with Gasteiger partial charge in [-0.15, -0.1) is 0 Å². The second-order valence-electron chi connectivity index (χ2n) is 7.63. The van der Waals surface area contributed by atoms with E-state index in [0.29, 0.717) is 5.92 Å². The van der Waals surface area contributed by atoms with Crippen LogP contribution in [0.15, 0.2) is 24.3 Å². The van der Waals surface area contributed by atoms with Crippen molar-refractivity contribution in [3.63, 3.8) is 0 Å². The molecule has 2 unspecified atom stereocenters. The summed E-state index contributed by atoms with van der Waals surface area (Å²) in [5, 5.41) is 0. The van der Waals surface area contributed by atoms with Gasteiger partial charge >= 0.3 is 0 Å². The highest BCUT2D eigenvalue weighted by Gasteiger charge is 2.40. The quantitative estimate of drug-likeness (QED) is 0.914. The van der Waals surface area contributed by atoms with Gasteiger partial charge in [0, 0.05) is 12.1 Å². The number of nitrogens with two attached hydrogens (primary N) is 1. The van der Waals surface area contributed by atoms with Crippen LogP contribution in [0.25, 0.3) is 0 Å². The van der Waals surface area contributed by atoms with E-state index in [1.165, 1.54) is 30.4 Å². The molecule has 1 aliphatic carbocycles. The molecule has 20 heavy (non-hydrogen) atoms. The number of nitrogens with zero attached hydrogens (tertiary/aromatic N) is 1. The Morgan fingerprint density at radius 2 is 1.80 bits per heavy atom. The molecule has 0 aromatic heterocycles. The molecular formula is C18H30N2. The highest BCUT2D eigenvalue weighted by molar-refractivity contribution is 5.30. The third-order valence-corrected chi connectivity index (χ3v) is 5.16. The molecule has 0 spiro atoms. The molecule has 1 aromatic rings. The number of likely N-dealkylation sites (N-methyl/N-ethyl adjacent to an activating group) is 1. The molecule has 0 heterocycles. The number of hydrogen-bond acceptors (Lipinski definition) is 2. The highest BCUT2D eigenvalue weighted by Crippen LogP contribution is 2.43. The lowest BCUT2D eigenvalue weighted by Crippen LogP contribution is -2.48. The third-order valence-electron chi connectivity index (χ3n) is 5.16. The lowest BCUT2D eigenvalue weighted by atomic mass is 9.85. The molecule has 2 heteroatoms. The number of benzene rings is 1. The third kappa shape index (κ3) is 2.91. The molecule has 2 N–H and O–H groups in total. The molecular weight excluding hydrogens is 244 g/mol. The molecule has 0 radical (unpaired) electrons. The number of hydrogen-bond donors (Lipinski definition) is 1. The molecule has 2 nitrogen and oxygen atoms in total. The van der Waals surface area contributed by atoms with Gasteiger partial charge in [-0.1, -0.05) is 45.0 Å². The van der Waals surface area contributed by atoms with E-state index < -0.39 is 0 Å². The monoisotopic (exact) mass is 274 g/mol. The summed E-state index contributed by atoms with van der Waals surface area (Å²) in [7, 11) is 4.33. The van der Waals surface area contributed by atoms with E-state index in [0.717, 1.165) is 6.54 Å². The van der Waals surface area contributed by atoms with Crippen LogP contribution in [0.2, 0.25) is 0 Å². The lowest BCUT2D eigenvalue weighted by Gasteiger charge is -2.35. The molecule has 1 fully saturated rings. The lowest BCUT2D eigenvalue weighted by molar-refractivity contribution is 0.165. The standard InChI is InChI=1S/C18H30N2/c1-17(2,3)16-8-6-14(7-9-16)15-10-11-18(12-15,13-19)20(4)5/h6-9,15H,10-13,19H2,1-5H3. The zero-order chi connectivity index (χ0) is 15.0. The Kier molecular flexibility index (Phi) is 4.27. The fourth-order valence-electron chi connectivity index (χ4n) is 3.42. The van der Waals surface area contributed by atoms with E-state index in [4.69, 9.17) is 5.73 Å². The van der Waals surface area contributed by atoms with Crippen LogP contribution >= 0.6 is 0 Å². The first kappa shape index (κ1) is 15.5. The minimum absolute atomic E-state index is 0.202. The summed E-state index contributed by atoms with van der Waals surface area (Å²) in [6, 6.07) is 9.25. The largest absolute Gasteiger partial charge is 0.329 e. The first-order valence-electron chi connectivity index (χ1n) is 7.76. The zero-order valence-electron chi connectivity index (χ0n) is 13.7. The Labute approximate surface area is 124 Å². The fraction of sp³-hybridized carbons (Fsp3) is 0.667. The topological polar surface area (TPSA) is 29.3 Å². The Morgan fingerprint density at radius 1 is 1.20 bits per heavy atom. The zero-order valence-corrected chi connectivity index (χ0v) is 13.7. The summed E-state index contributed by atoms with van der Waals surface area (Å²) in [6.07, 6.45) is 3.65. The summed E-state index contributed by atoms with van der Waals surface area (Å²) < 4.78 is 0. The van der Waals surface area contributed by atoms with Crippen molar-refractivity contribution in [1.29, 1.82) is 0 Å². The SMILES string of the molecule is CN(C)C1(CN)CCC(c2ccc(C(C)(C)C)cc2)C1. The van der Waals surface area contributed by atoms with E-state index in [2.05, 4.69) is 64.0 Å². The summed E-state index contributed by atoms with van der Waals surface area (Å²) in [4.78, 5) is 2.33. The Balaban J connectivity index is 2.15. The maximum atomic E-state index is 6.05. The van der Waals surface area contributed by atoms with Gasteiger partial charge in [0.1, 0.15) is 0 Å². The average molecular weight is 274 g/mol. The first-order valence-corrected chi connectivity index (χ1v) is 7.76. The second kappa shape index (κ2) is 5.50. The van der Waals surface area contributed by atoms with Gasteiger partial charge in [-0.05, 0) is 55.8 Å². The van der Waals surface area contributed by atoms with Crippen molar-refractivity contribution >= 4 is 0 Å². The fourth-order valence-corrected chi connectivity index (χ4v) is 3.42. The minimum atomic E-state index is 0.202. The van der Waals surface area contributed by atoms with E-state index in [1.54, 1.807) is 0 Å². The second-order valence-corrected chi connectivity index (χ2v) is 7.63. The van der Waals surface area contributed by atoms with Crippen LogP contribution in [-0.4, -0.2) is 31.1 Å². The van der Waals surface area contributed by atoms with Gasteiger partial charge < -0.3 is 10.6 Å². The van der Waals surface area contributed by atoms with Gasteiger partial charge in [0.05, 0.1) is 0 Å². The maximum absolute atomic E-state index is 6.05. The molecule has 2 rings (SSSR count). The van der Waals surface area contributed by atoms with Crippen molar-refractivity contribution in [2.45, 2.75) is 56.9 Å². The highest BCUT2D eigenvalue weighted by atomic mass is 15.2. The number of rotatable bonds is 3. The molecule has 0 saturated heterocycles. The molecule has 1 aliphatic rings. The molecule has 2 atom stereocenters. The van der Waals surface area contributed by atoms with Gasteiger partial charge in [0.15, 0.2) is 0 Å². The van der Waals surface area contributed by atoms with Crippen molar-refractivity contribution in [2.24, 2.45) is 5.73 Å². The first-order chi connectivity index (χ1) is 9.28. The Morgan fingerprint density at radius 3 is 2.20 bits per heavy atom. The van der Waals surface area contributed by atoms with Crippen LogP contribution in [0.1, 0.15) is 57.1 Å². The van der Waals surface area contributed by atoms with E-state index in [-0.39, 0.29) is 11.0 Å². The molecule has 0 amide bonds. The molecule has 1 saturated carbocycles. The van der Waals surface area contributed by atoms with Crippen molar-refractivity contribution in [3.8, 4) is 0 Å². The van der Waals surface area contributed by atoms with E-state index in [1.807, 2.05) is 0 Å². The van der Waals surface area contributed by atoms with Crippen LogP contribution in [0, 0.1) is 0 Å². The molecule has 0 aliphatic heterocycles. The van der Waals surface area contributed by atoms with Crippen LogP contribution in [0.3, 0.4) is 0 Å². The van der Waals surface area contributed by atoms with Crippen molar-refractivity contribution < 1.29 is 0 Å². The Bertz CT molecular complexity index is 441. The average Bonchev–Trinajstić information content (AvgIpc) is 2.83.